The summed E-state index contributed by atoms with van der Waals surface area (Å²) in [6.45, 7) is 2.95. The molecular weight excluding hydrogens is 366 g/mol. The quantitative estimate of drug-likeness (QED) is 0.811. The molecule has 1 aromatic carbocycles. The molecular formula is C23H29N3OS. The molecule has 0 radical (unpaired) electrons. The predicted octanol–water partition coefficient (Wildman–Crippen LogP) is 4.80. The van der Waals surface area contributed by atoms with Crippen LogP contribution in [0.4, 0.5) is 0 Å². The summed E-state index contributed by atoms with van der Waals surface area (Å²) in [5.74, 6) is 3.51. The highest BCUT2D eigenvalue weighted by atomic mass is 32.1. The highest BCUT2D eigenvalue weighted by molar-refractivity contribution is 7.20. The van der Waals surface area contributed by atoms with Gasteiger partial charge in [0.2, 0.25) is 0 Å². The first-order chi connectivity index (χ1) is 13.8. The van der Waals surface area contributed by atoms with Crippen molar-refractivity contribution in [3.05, 3.63) is 35.2 Å². The Kier molecular flexibility index (Phi) is 4.16. The number of thiophene rings is 1. The molecule has 0 unspecified atom stereocenters. The average molecular weight is 396 g/mol. The zero-order valence-corrected chi connectivity index (χ0v) is 17.2. The standard InChI is InChI=1S/C23H29N3OS/c1-2-4-20-18(3-1)13-21(28-20)22-24-25-23(14-16-5-7-19(23)8-6-16)26(22)15-17-9-11-27-12-10-17/h1-4,13,16-17,19,25H,5-12,14-15H2/t16?,19?,23-/m1/s1. The smallest absolute Gasteiger partial charge is 0.167 e. The lowest BCUT2D eigenvalue weighted by Crippen LogP contribution is -2.64. The zero-order chi connectivity index (χ0) is 18.6. The summed E-state index contributed by atoms with van der Waals surface area (Å²) in [7, 11) is 0. The highest BCUT2D eigenvalue weighted by Crippen LogP contribution is 2.51. The van der Waals surface area contributed by atoms with E-state index < -0.39 is 0 Å². The van der Waals surface area contributed by atoms with Crippen LogP contribution in [-0.2, 0) is 4.74 Å². The number of hydrogen-bond donors (Lipinski definition) is 1. The first kappa shape index (κ1) is 17.3. The largest absolute Gasteiger partial charge is 0.381 e. The van der Waals surface area contributed by atoms with Crippen LogP contribution in [0.1, 0.15) is 49.8 Å². The normalized spacial score (nSPS) is 32.9. The molecule has 4 nitrogen and oxygen atoms in total. The molecule has 1 saturated heterocycles. The van der Waals surface area contributed by atoms with E-state index in [1.807, 2.05) is 11.3 Å². The van der Waals surface area contributed by atoms with E-state index in [2.05, 4.69) is 40.7 Å². The van der Waals surface area contributed by atoms with Crippen molar-refractivity contribution in [2.45, 2.75) is 50.6 Å². The fourth-order valence-corrected chi connectivity index (χ4v) is 7.16. The van der Waals surface area contributed by atoms with Gasteiger partial charge >= 0.3 is 0 Å². The van der Waals surface area contributed by atoms with Crippen molar-refractivity contribution in [3.8, 4) is 0 Å². The van der Waals surface area contributed by atoms with Crippen molar-refractivity contribution in [2.24, 2.45) is 22.9 Å². The van der Waals surface area contributed by atoms with Crippen LogP contribution in [0.5, 0.6) is 0 Å². The Hall–Kier alpha value is -1.59. The molecule has 0 amide bonds. The summed E-state index contributed by atoms with van der Waals surface area (Å²) in [5.41, 5.74) is 3.79. The lowest BCUT2D eigenvalue weighted by molar-refractivity contribution is -0.0420. The minimum atomic E-state index is 0.0605. The molecule has 28 heavy (non-hydrogen) atoms. The van der Waals surface area contributed by atoms with E-state index >= 15 is 0 Å². The second kappa shape index (κ2) is 6.74. The molecule has 3 aliphatic carbocycles. The van der Waals surface area contributed by atoms with Crippen molar-refractivity contribution >= 4 is 27.3 Å². The summed E-state index contributed by atoms with van der Waals surface area (Å²) in [4.78, 5) is 4.03. The van der Waals surface area contributed by atoms with Gasteiger partial charge in [-0.25, -0.2) is 0 Å². The number of ether oxygens (including phenoxy) is 1. The molecule has 3 saturated carbocycles. The second-order valence-electron chi connectivity index (χ2n) is 9.21. The zero-order valence-electron chi connectivity index (χ0n) is 16.4. The minimum absolute atomic E-state index is 0.0605. The van der Waals surface area contributed by atoms with Gasteiger partial charge in [0.15, 0.2) is 5.84 Å². The van der Waals surface area contributed by atoms with E-state index in [1.54, 1.807) is 0 Å². The van der Waals surface area contributed by atoms with Gasteiger partial charge in [-0.3, -0.25) is 5.43 Å². The molecule has 5 aliphatic rings. The molecule has 4 fully saturated rings. The molecule has 1 aromatic heterocycles. The van der Waals surface area contributed by atoms with E-state index in [0.717, 1.165) is 31.6 Å². The van der Waals surface area contributed by atoms with Crippen molar-refractivity contribution in [1.29, 1.82) is 0 Å². The summed E-state index contributed by atoms with van der Waals surface area (Å²) in [5, 5.41) is 6.35. The Bertz CT molecular complexity index is 861. The Labute approximate surface area is 170 Å². The van der Waals surface area contributed by atoms with Crippen molar-refractivity contribution in [1.82, 2.24) is 10.3 Å². The number of nitrogens with one attached hydrogen (secondary N) is 1. The van der Waals surface area contributed by atoms with E-state index in [1.165, 1.54) is 65.7 Å². The van der Waals surface area contributed by atoms with Gasteiger partial charge in [-0.2, -0.15) is 5.10 Å². The van der Waals surface area contributed by atoms with Crippen LogP contribution in [0, 0.1) is 17.8 Å². The summed E-state index contributed by atoms with van der Waals surface area (Å²) in [6.07, 6.45) is 9.17. The molecule has 2 aromatic rings. The number of hydrazone groups is 1. The van der Waals surface area contributed by atoms with E-state index in [4.69, 9.17) is 9.84 Å². The predicted molar refractivity (Wildman–Crippen MR) is 115 cm³/mol. The van der Waals surface area contributed by atoms with Gasteiger partial charge in [0.25, 0.3) is 0 Å². The average Bonchev–Trinajstić information content (AvgIpc) is 3.32. The molecule has 5 heteroatoms. The number of hydrogen-bond acceptors (Lipinski definition) is 5. The highest BCUT2D eigenvalue weighted by Gasteiger charge is 2.55. The second-order valence-corrected chi connectivity index (χ2v) is 10.3. The fraction of sp³-hybridized carbons (Fsp3) is 0.609. The third-order valence-corrected chi connectivity index (χ3v) is 8.75. The van der Waals surface area contributed by atoms with Gasteiger partial charge in [-0.15, -0.1) is 11.3 Å². The Morgan fingerprint density at radius 2 is 1.93 bits per heavy atom. The minimum Gasteiger partial charge on any atom is -0.381 e. The molecule has 148 valence electrons. The summed E-state index contributed by atoms with van der Waals surface area (Å²) < 4.78 is 7.00. The maximum atomic E-state index is 5.64. The van der Waals surface area contributed by atoms with Gasteiger partial charge in [0, 0.05) is 30.4 Å². The number of nitrogens with zero attached hydrogens (tertiary/aromatic N) is 2. The summed E-state index contributed by atoms with van der Waals surface area (Å²) in [6, 6.07) is 11.1. The Balaban J connectivity index is 1.37. The number of rotatable bonds is 3. The summed E-state index contributed by atoms with van der Waals surface area (Å²) >= 11 is 1.89. The van der Waals surface area contributed by atoms with Gasteiger partial charge in [-0.05, 0) is 74.3 Å². The molecule has 3 heterocycles. The SMILES string of the molecule is c1ccc2sc(C3=NN[C@]4(CC5CCC4CC5)N3CC3CCOCC3)cc2c1. The van der Waals surface area contributed by atoms with Gasteiger partial charge < -0.3 is 9.64 Å². The molecule has 1 N–H and O–H groups in total. The van der Waals surface area contributed by atoms with Crippen LogP contribution in [0.25, 0.3) is 10.1 Å². The number of benzene rings is 1. The Morgan fingerprint density at radius 3 is 2.68 bits per heavy atom. The first-order valence-corrected chi connectivity index (χ1v) is 11.8. The molecule has 1 atom stereocenters. The van der Waals surface area contributed by atoms with E-state index in [0.29, 0.717) is 5.92 Å². The van der Waals surface area contributed by atoms with Crippen molar-refractivity contribution < 1.29 is 4.74 Å². The first-order valence-electron chi connectivity index (χ1n) is 11.0. The molecule has 2 bridgehead atoms. The topological polar surface area (TPSA) is 36.9 Å². The lowest BCUT2D eigenvalue weighted by Gasteiger charge is -2.54. The van der Waals surface area contributed by atoms with Crippen LogP contribution in [0.3, 0.4) is 0 Å². The van der Waals surface area contributed by atoms with E-state index in [9.17, 15) is 0 Å². The van der Waals surface area contributed by atoms with Crippen molar-refractivity contribution in [3.63, 3.8) is 0 Å². The van der Waals surface area contributed by atoms with Gasteiger partial charge in [0.1, 0.15) is 5.66 Å². The number of amidine groups is 1. The van der Waals surface area contributed by atoms with Crippen LogP contribution in [0.2, 0.25) is 0 Å². The molecule has 1 spiro atoms. The maximum absolute atomic E-state index is 5.64. The van der Waals surface area contributed by atoms with E-state index in [-0.39, 0.29) is 5.66 Å². The van der Waals surface area contributed by atoms with Gasteiger partial charge in [-0.1, -0.05) is 18.2 Å². The number of fused-ring (bicyclic) bond motifs is 3. The fourth-order valence-electron chi connectivity index (χ4n) is 6.09. The Morgan fingerprint density at radius 1 is 1.11 bits per heavy atom. The third kappa shape index (κ3) is 2.70. The molecule has 7 rings (SSSR count). The third-order valence-electron chi connectivity index (χ3n) is 7.64. The van der Waals surface area contributed by atoms with Crippen LogP contribution < -0.4 is 5.43 Å². The van der Waals surface area contributed by atoms with Crippen molar-refractivity contribution in [2.75, 3.05) is 19.8 Å². The van der Waals surface area contributed by atoms with Crippen LogP contribution in [0.15, 0.2) is 35.4 Å². The monoisotopic (exact) mass is 395 g/mol. The molecule has 2 aliphatic heterocycles. The van der Waals surface area contributed by atoms with Crippen LogP contribution >= 0.6 is 11.3 Å². The van der Waals surface area contributed by atoms with Crippen LogP contribution in [-0.4, -0.2) is 36.2 Å². The maximum Gasteiger partial charge on any atom is 0.167 e. The lowest BCUT2D eigenvalue weighted by atomic mass is 9.63. The van der Waals surface area contributed by atoms with Gasteiger partial charge in [0.05, 0.1) is 4.88 Å².